The molecule has 1 N–H and O–H groups in total. The molecule has 0 fully saturated rings. The summed E-state index contributed by atoms with van der Waals surface area (Å²) >= 11 is 0. The number of hydrogen-bond acceptors (Lipinski definition) is 3. The van der Waals surface area contributed by atoms with E-state index in [1.165, 1.54) is 16.9 Å². The van der Waals surface area contributed by atoms with Gasteiger partial charge in [0.25, 0.3) is 5.56 Å². The molecule has 2 heterocycles. The Bertz CT molecular complexity index is 495. The quantitative estimate of drug-likeness (QED) is 0.654. The van der Waals surface area contributed by atoms with E-state index in [0.29, 0.717) is 6.54 Å². The summed E-state index contributed by atoms with van der Waals surface area (Å²) in [6.45, 7) is 0.614. The van der Waals surface area contributed by atoms with Crippen molar-refractivity contribution in [3.63, 3.8) is 0 Å². The standard InChI is InChI=1S/C9H9N3O2/c13-8-4-7-12(9(14)10-8)11-5-2-1-3-6-11/h1-5,7H,6H2,(H,10,13,14). The van der Waals surface area contributed by atoms with Crippen LogP contribution in [0.3, 0.4) is 0 Å². The second kappa shape index (κ2) is 3.37. The van der Waals surface area contributed by atoms with Gasteiger partial charge in [-0.15, -0.1) is 0 Å². The maximum atomic E-state index is 11.3. The number of allylic oxidation sites excluding steroid dienone is 2. The molecule has 1 aromatic rings. The zero-order valence-corrected chi connectivity index (χ0v) is 7.38. The lowest BCUT2D eigenvalue weighted by molar-refractivity contribution is 0.666. The first-order chi connectivity index (χ1) is 6.77. The van der Waals surface area contributed by atoms with E-state index < -0.39 is 5.69 Å². The minimum absolute atomic E-state index is 0.386. The van der Waals surface area contributed by atoms with Crippen molar-refractivity contribution in [2.75, 3.05) is 11.6 Å². The lowest BCUT2D eigenvalue weighted by atomic mass is 10.4. The molecule has 0 unspecified atom stereocenters. The van der Waals surface area contributed by atoms with Gasteiger partial charge < -0.3 is 0 Å². The fourth-order valence-corrected chi connectivity index (χ4v) is 1.23. The molecule has 0 saturated heterocycles. The Morgan fingerprint density at radius 3 is 2.79 bits per heavy atom. The second-order valence-corrected chi connectivity index (χ2v) is 2.85. The molecule has 1 aromatic heterocycles. The van der Waals surface area contributed by atoms with Crippen LogP contribution < -0.4 is 16.3 Å². The van der Waals surface area contributed by atoms with Crippen molar-refractivity contribution in [1.82, 2.24) is 9.66 Å². The van der Waals surface area contributed by atoms with Crippen LogP contribution in [0.1, 0.15) is 0 Å². The van der Waals surface area contributed by atoms with Crippen LogP contribution in [0.2, 0.25) is 0 Å². The van der Waals surface area contributed by atoms with Crippen molar-refractivity contribution in [3.8, 4) is 0 Å². The number of aromatic amines is 1. The molecule has 0 bridgehead atoms. The maximum absolute atomic E-state index is 11.3. The highest BCUT2D eigenvalue weighted by Gasteiger charge is 2.03. The molecule has 0 atom stereocenters. The van der Waals surface area contributed by atoms with Gasteiger partial charge in [0.15, 0.2) is 0 Å². The van der Waals surface area contributed by atoms with Crippen LogP contribution in [-0.4, -0.2) is 16.2 Å². The minimum Gasteiger partial charge on any atom is -0.281 e. The topological polar surface area (TPSA) is 58.1 Å². The van der Waals surface area contributed by atoms with Gasteiger partial charge in [-0.25, -0.2) is 9.47 Å². The van der Waals surface area contributed by atoms with Crippen molar-refractivity contribution in [3.05, 3.63) is 57.5 Å². The molecular formula is C9H9N3O2. The minimum atomic E-state index is -0.433. The average Bonchev–Trinajstić information content (AvgIpc) is 2.19. The summed E-state index contributed by atoms with van der Waals surface area (Å²) in [7, 11) is 0. The Hall–Kier alpha value is -2.04. The summed E-state index contributed by atoms with van der Waals surface area (Å²) < 4.78 is 1.35. The number of H-pyrrole nitrogens is 1. The van der Waals surface area contributed by atoms with Crippen LogP contribution in [0.5, 0.6) is 0 Å². The Kier molecular flexibility index (Phi) is 2.06. The summed E-state index contributed by atoms with van der Waals surface area (Å²) in [5.41, 5.74) is -0.819. The third-order valence-electron chi connectivity index (χ3n) is 1.88. The molecule has 0 saturated carbocycles. The first-order valence-corrected chi connectivity index (χ1v) is 4.19. The first-order valence-electron chi connectivity index (χ1n) is 4.19. The fourth-order valence-electron chi connectivity index (χ4n) is 1.23. The Balaban J connectivity index is 2.42. The normalized spacial score (nSPS) is 14.7. The van der Waals surface area contributed by atoms with E-state index in [9.17, 15) is 9.59 Å². The number of nitrogens with one attached hydrogen (secondary N) is 1. The van der Waals surface area contributed by atoms with Crippen LogP contribution in [0.4, 0.5) is 0 Å². The van der Waals surface area contributed by atoms with Crippen LogP contribution in [-0.2, 0) is 0 Å². The van der Waals surface area contributed by atoms with E-state index in [2.05, 4.69) is 4.98 Å². The van der Waals surface area contributed by atoms with Crippen LogP contribution in [0.25, 0.3) is 0 Å². The molecule has 1 aliphatic rings. The molecular weight excluding hydrogens is 182 g/mol. The van der Waals surface area contributed by atoms with E-state index in [1.807, 2.05) is 18.2 Å². The van der Waals surface area contributed by atoms with Crippen molar-refractivity contribution in [2.24, 2.45) is 0 Å². The third kappa shape index (κ3) is 1.52. The van der Waals surface area contributed by atoms with Gasteiger partial charge >= 0.3 is 5.69 Å². The lowest BCUT2D eigenvalue weighted by Gasteiger charge is -2.21. The molecule has 0 radical (unpaired) electrons. The highest BCUT2D eigenvalue weighted by atomic mass is 16.2. The fraction of sp³-hybridized carbons (Fsp3) is 0.111. The number of aromatic nitrogens is 2. The molecule has 72 valence electrons. The van der Waals surface area contributed by atoms with Gasteiger partial charge in [-0.1, -0.05) is 12.2 Å². The van der Waals surface area contributed by atoms with Gasteiger partial charge in [-0.2, -0.15) is 0 Å². The molecule has 5 heteroatoms. The monoisotopic (exact) mass is 191 g/mol. The highest BCUT2D eigenvalue weighted by molar-refractivity contribution is 5.18. The molecule has 0 spiro atoms. The predicted molar refractivity (Wildman–Crippen MR) is 52.7 cm³/mol. The first kappa shape index (κ1) is 8.55. The molecule has 0 aromatic carbocycles. The zero-order chi connectivity index (χ0) is 9.97. The van der Waals surface area contributed by atoms with E-state index in [1.54, 1.807) is 11.2 Å². The van der Waals surface area contributed by atoms with Gasteiger partial charge in [0, 0.05) is 18.5 Å². The molecule has 2 rings (SSSR count). The van der Waals surface area contributed by atoms with Crippen molar-refractivity contribution >= 4 is 0 Å². The number of nitrogens with zero attached hydrogens (tertiary/aromatic N) is 2. The molecule has 14 heavy (non-hydrogen) atoms. The summed E-state index contributed by atoms with van der Waals surface area (Å²) in [5.74, 6) is 0. The predicted octanol–water partition coefficient (Wildman–Crippen LogP) is -0.442. The molecule has 5 nitrogen and oxygen atoms in total. The summed E-state index contributed by atoms with van der Waals surface area (Å²) in [6.07, 6.45) is 8.84. The van der Waals surface area contributed by atoms with Gasteiger partial charge in [0.05, 0.1) is 6.54 Å². The molecule has 0 amide bonds. The Labute approximate surface area is 79.6 Å². The van der Waals surface area contributed by atoms with Crippen LogP contribution in [0.15, 0.2) is 46.3 Å². The van der Waals surface area contributed by atoms with Gasteiger partial charge in [-0.05, 0) is 6.08 Å². The second-order valence-electron chi connectivity index (χ2n) is 2.85. The van der Waals surface area contributed by atoms with Gasteiger partial charge in [0.1, 0.15) is 0 Å². The maximum Gasteiger partial charge on any atom is 0.347 e. The van der Waals surface area contributed by atoms with Crippen molar-refractivity contribution in [1.29, 1.82) is 0 Å². The van der Waals surface area contributed by atoms with E-state index in [0.717, 1.165) is 0 Å². The van der Waals surface area contributed by atoms with Gasteiger partial charge in [0.2, 0.25) is 0 Å². The van der Waals surface area contributed by atoms with E-state index in [-0.39, 0.29) is 5.56 Å². The Morgan fingerprint density at radius 2 is 2.14 bits per heavy atom. The summed E-state index contributed by atoms with van der Waals surface area (Å²) in [5, 5.41) is 1.69. The van der Waals surface area contributed by atoms with E-state index in [4.69, 9.17) is 0 Å². The lowest BCUT2D eigenvalue weighted by Crippen LogP contribution is -2.42. The van der Waals surface area contributed by atoms with Crippen LogP contribution >= 0.6 is 0 Å². The van der Waals surface area contributed by atoms with E-state index >= 15 is 0 Å². The molecule has 0 aliphatic carbocycles. The molecule has 1 aliphatic heterocycles. The van der Waals surface area contributed by atoms with Crippen molar-refractivity contribution in [2.45, 2.75) is 0 Å². The smallest absolute Gasteiger partial charge is 0.281 e. The summed E-state index contributed by atoms with van der Waals surface area (Å²) in [6, 6.07) is 1.31. The van der Waals surface area contributed by atoms with Crippen molar-refractivity contribution < 1.29 is 0 Å². The van der Waals surface area contributed by atoms with Gasteiger partial charge in [-0.3, -0.25) is 14.8 Å². The zero-order valence-electron chi connectivity index (χ0n) is 7.38. The largest absolute Gasteiger partial charge is 0.347 e. The third-order valence-corrected chi connectivity index (χ3v) is 1.88. The van der Waals surface area contributed by atoms with Crippen LogP contribution in [0, 0.1) is 0 Å². The highest BCUT2D eigenvalue weighted by Crippen LogP contribution is 1.94. The number of hydrogen-bond donors (Lipinski definition) is 1. The summed E-state index contributed by atoms with van der Waals surface area (Å²) in [4.78, 5) is 24.3. The average molecular weight is 191 g/mol. The Morgan fingerprint density at radius 1 is 1.29 bits per heavy atom. The SMILES string of the molecule is O=c1ccn(N2C=CC=CC2)c(=O)[nH]1. The number of rotatable bonds is 1.